The van der Waals surface area contributed by atoms with Gasteiger partial charge in [0.05, 0.1) is 29.0 Å². The van der Waals surface area contributed by atoms with E-state index in [1.54, 1.807) is 48.5 Å². The Morgan fingerprint density at radius 2 is 1.82 bits per heavy atom. The van der Waals surface area contributed by atoms with E-state index in [-0.39, 0.29) is 21.8 Å². The standard InChI is InChI=1S/C30H27FN2O5S/c1-3-5-15-38-19-10-8-9-18(16-19)27(34)25-26(21-11-6-7-12-22(21)31)33(29(36)28(25)35)30-32-23-14-13-20(37-4-2)17-24(23)39-30/h6-14,16-17,26,34H,3-5,15H2,1-2H3. The smallest absolute Gasteiger partial charge is 0.301 e. The number of aliphatic hydroxyl groups is 1. The van der Waals surface area contributed by atoms with E-state index in [1.165, 1.54) is 34.4 Å². The Hall–Kier alpha value is -4.24. The van der Waals surface area contributed by atoms with E-state index in [4.69, 9.17) is 9.47 Å². The van der Waals surface area contributed by atoms with Gasteiger partial charge in [0.1, 0.15) is 29.1 Å². The number of carbonyl (C=O) groups excluding carboxylic acids is 2. The molecule has 0 bridgehead atoms. The molecule has 1 aromatic heterocycles. The molecule has 39 heavy (non-hydrogen) atoms. The summed E-state index contributed by atoms with van der Waals surface area (Å²) in [6.07, 6.45) is 1.83. The number of fused-ring (bicyclic) bond motifs is 1. The van der Waals surface area contributed by atoms with Crippen molar-refractivity contribution >= 4 is 44.1 Å². The number of rotatable bonds is 9. The molecule has 1 fully saturated rings. The SMILES string of the molecule is CCCCOc1cccc(C(O)=C2C(=O)C(=O)N(c3nc4ccc(OCC)cc4s3)C2c2ccccc2F)c1. The third kappa shape index (κ3) is 5.09. The van der Waals surface area contributed by atoms with Gasteiger partial charge in [0.2, 0.25) is 0 Å². The largest absolute Gasteiger partial charge is 0.507 e. The van der Waals surface area contributed by atoms with Crippen molar-refractivity contribution < 1.29 is 28.6 Å². The highest BCUT2D eigenvalue weighted by Gasteiger charge is 2.49. The lowest BCUT2D eigenvalue weighted by Gasteiger charge is -2.23. The van der Waals surface area contributed by atoms with E-state index in [0.29, 0.717) is 30.2 Å². The first-order chi connectivity index (χ1) is 18.9. The Balaban J connectivity index is 1.64. The summed E-state index contributed by atoms with van der Waals surface area (Å²) in [7, 11) is 0. The van der Waals surface area contributed by atoms with Crippen LogP contribution < -0.4 is 14.4 Å². The number of carbonyl (C=O) groups is 2. The second-order valence-corrected chi connectivity index (χ2v) is 9.99. The van der Waals surface area contributed by atoms with Crippen molar-refractivity contribution in [2.24, 2.45) is 0 Å². The fourth-order valence-electron chi connectivity index (χ4n) is 4.50. The van der Waals surface area contributed by atoms with Gasteiger partial charge in [0.25, 0.3) is 5.78 Å². The predicted molar refractivity (Wildman–Crippen MR) is 149 cm³/mol. The number of anilines is 1. The number of halogens is 1. The minimum Gasteiger partial charge on any atom is -0.507 e. The van der Waals surface area contributed by atoms with Gasteiger partial charge in [-0.15, -0.1) is 0 Å². The monoisotopic (exact) mass is 546 g/mol. The average Bonchev–Trinajstić information content (AvgIpc) is 3.46. The van der Waals surface area contributed by atoms with Crippen LogP contribution in [0.15, 0.2) is 72.3 Å². The van der Waals surface area contributed by atoms with Crippen LogP contribution in [0.3, 0.4) is 0 Å². The second kappa shape index (κ2) is 11.2. The number of hydrogen-bond donors (Lipinski definition) is 1. The highest BCUT2D eigenvalue weighted by molar-refractivity contribution is 7.22. The highest BCUT2D eigenvalue weighted by Crippen LogP contribution is 2.45. The first kappa shape index (κ1) is 26.4. The maximum atomic E-state index is 15.2. The third-order valence-corrected chi connectivity index (χ3v) is 7.40. The molecule has 4 aromatic rings. The highest BCUT2D eigenvalue weighted by atomic mass is 32.1. The molecule has 0 saturated carbocycles. The zero-order chi connectivity index (χ0) is 27.5. The first-order valence-electron chi connectivity index (χ1n) is 12.7. The summed E-state index contributed by atoms with van der Waals surface area (Å²) in [5.41, 5.74) is 0.742. The maximum Gasteiger partial charge on any atom is 0.301 e. The third-order valence-electron chi connectivity index (χ3n) is 6.38. The molecule has 1 aliphatic heterocycles. The molecule has 5 rings (SSSR count). The molecular formula is C30H27FN2O5S. The van der Waals surface area contributed by atoms with Gasteiger partial charge in [-0.25, -0.2) is 9.37 Å². The number of benzene rings is 3. The molecule has 1 atom stereocenters. The average molecular weight is 547 g/mol. The molecule has 7 nitrogen and oxygen atoms in total. The number of ether oxygens (including phenoxy) is 2. The summed E-state index contributed by atoms with van der Waals surface area (Å²) in [4.78, 5) is 32.6. The fourth-order valence-corrected chi connectivity index (χ4v) is 5.52. The molecule has 2 heterocycles. The Kier molecular flexibility index (Phi) is 7.60. The van der Waals surface area contributed by atoms with Crippen molar-refractivity contribution in [1.82, 2.24) is 4.98 Å². The molecule has 1 amide bonds. The van der Waals surface area contributed by atoms with E-state index < -0.39 is 29.3 Å². The fraction of sp³-hybridized carbons (Fsp3) is 0.233. The van der Waals surface area contributed by atoms with Crippen LogP contribution in [0.5, 0.6) is 11.5 Å². The summed E-state index contributed by atoms with van der Waals surface area (Å²) in [5, 5.41) is 11.6. The van der Waals surface area contributed by atoms with Crippen LogP contribution in [0, 0.1) is 5.82 Å². The molecule has 200 valence electrons. The number of aromatic nitrogens is 1. The van der Waals surface area contributed by atoms with Crippen LogP contribution >= 0.6 is 11.3 Å². The van der Waals surface area contributed by atoms with E-state index in [9.17, 15) is 14.7 Å². The van der Waals surface area contributed by atoms with Gasteiger partial charge in [-0.05, 0) is 49.7 Å². The van der Waals surface area contributed by atoms with Crippen LogP contribution in [0.25, 0.3) is 16.0 Å². The van der Waals surface area contributed by atoms with Crippen LogP contribution in [0.1, 0.15) is 43.9 Å². The molecule has 1 aliphatic rings. The lowest BCUT2D eigenvalue weighted by molar-refractivity contribution is -0.132. The maximum absolute atomic E-state index is 15.2. The molecule has 3 aromatic carbocycles. The summed E-state index contributed by atoms with van der Waals surface area (Å²) in [6, 6.07) is 16.7. The van der Waals surface area contributed by atoms with Crippen molar-refractivity contribution in [2.75, 3.05) is 18.1 Å². The Bertz CT molecular complexity index is 1580. The van der Waals surface area contributed by atoms with Gasteiger partial charge in [-0.1, -0.05) is 55.0 Å². The van der Waals surface area contributed by atoms with Crippen molar-refractivity contribution in [1.29, 1.82) is 0 Å². The number of unbranched alkanes of at least 4 members (excludes halogenated alkanes) is 1. The molecule has 0 aliphatic carbocycles. The number of thiazole rings is 1. The normalized spacial score (nSPS) is 16.7. The molecule has 0 radical (unpaired) electrons. The molecule has 1 unspecified atom stereocenters. The molecule has 9 heteroatoms. The van der Waals surface area contributed by atoms with Crippen molar-refractivity contribution in [2.45, 2.75) is 32.7 Å². The Morgan fingerprint density at radius 3 is 2.59 bits per heavy atom. The number of hydrogen-bond acceptors (Lipinski definition) is 7. The van der Waals surface area contributed by atoms with Crippen molar-refractivity contribution in [3.63, 3.8) is 0 Å². The number of aliphatic hydroxyl groups excluding tert-OH is 1. The van der Waals surface area contributed by atoms with Crippen LogP contribution in [0.2, 0.25) is 0 Å². The zero-order valence-electron chi connectivity index (χ0n) is 21.5. The lowest BCUT2D eigenvalue weighted by Crippen LogP contribution is -2.29. The van der Waals surface area contributed by atoms with Crippen molar-refractivity contribution in [3.05, 3.63) is 89.2 Å². The molecule has 1 N–H and O–H groups in total. The van der Waals surface area contributed by atoms with Crippen molar-refractivity contribution in [3.8, 4) is 11.5 Å². The molecule has 0 spiro atoms. The summed E-state index contributed by atoms with van der Waals surface area (Å²) < 4.78 is 27.3. The van der Waals surface area contributed by atoms with Gasteiger partial charge >= 0.3 is 5.91 Å². The van der Waals surface area contributed by atoms with Gasteiger partial charge in [-0.2, -0.15) is 0 Å². The van der Waals surface area contributed by atoms with Gasteiger partial charge in [-0.3, -0.25) is 14.5 Å². The number of ketones is 1. The first-order valence-corrected chi connectivity index (χ1v) is 13.6. The molecule has 1 saturated heterocycles. The minimum absolute atomic E-state index is 0.0721. The van der Waals surface area contributed by atoms with Crippen LogP contribution in [0.4, 0.5) is 9.52 Å². The predicted octanol–water partition coefficient (Wildman–Crippen LogP) is 6.64. The minimum atomic E-state index is -1.22. The number of amides is 1. The van der Waals surface area contributed by atoms with Crippen LogP contribution in [-0.2, 0) is 9.59 Å². The zero-order valence-corrected chi connectivity index (χ0v) is 22.3. The van der Waals surface area contributed by atoms with E-state index >= 15 is 4.39 Å². The number of Topliss-reactive ketones (excluding diaryl/α,β-unsaturated/α-hetero) is 1. The summed E-state index contributed by atoms with van der Waals surface area (Å²) in [6.45, 7) is 4.92. The van der Waals surface area contributed by atoms with Gasteiger partial charge in [0.15, 0.2) is 5.13 Å². The van der Waals surface area contributed by atoms with Crippen LogP contribution in [-0.4, -0.2) is 35.0 Å². The van der Waals surface area contributed by atoms with E-state index in [2.05, 4.69) is 11.9 Å². The quantitative estimate of drug-likeness (QED) is 0.110. The van der Waals surface area contributed by atoms with E-state index in [1.807, 2.05) is 6.92 Å². The van der Waals surface area contributed by atoms with Gasteiger partial charge < -0.3 is 14.6 Å². The second-order valence-electron chi connectivity index (χ2n) is 8.98. The molecular weight excluding hydrogens is 519 g/mol. The van der Waals surface area contributed by atoms with E-state index in [0.717, 1.165) is 17.5 Å². The summed E-state index contributed by atoms with van der Waals surface area (Å²) >= 11 is 1.18. The van der Waals surface area contributed by atoms with Gasteiger partial charge in [0, 0.05) is 11.1 Å². The summed E-state index contributed by atoms with van der Waals surface area (Å²) in [5.74, 6) is -1.69. The Morgan fingerprint density at radius 1 is 1.03 bits per heavy atom. The number of nitrogens with zero attached hydrogens (tertiary/aromatic N) is 2. The Labute approximate surface area is 229 Å². The lowest BCUT2D eigenvalue weighted by atomic mass is 9.95. The topological polar surface area (TPSA) is 89.0 Å².